The lowest BCUT2D eigenvalue weighted by molar-refractivity contribution is 0.0951. The van der Waals surface area contributed by atoms with Gasteiger partial charge in [-0.1, -0.05) is 18.2 Å². The second-order valence-electron chi connectivity index (χ2n) is 5.63. The van der Waals surface area contributed by atoms with Crippen LogP contribution in [0.4, 0.5) is 0 Å². The van der Waals surface area contributed by atoms with Gasteiger partial charge in [0.1, 0.15) is 5.75 Å². The molecule has 1 N–H and O–H groups in total. The standard InChI is InChI=1S/C19H16N2O2/c22-19(16-5-6-17-15(11-16)2-1-8-20-17)21-12-13-3-4-14-7-9-23-18(14)10-13/h1-6,8,10-11H,7,9,12H2,(H,21,22). The van der Waals surface area contributed by atoms with E-state index in [0.29, 0.717) is 12.1 Å². The average Bonchev–Trinajstić information content (AvgIpc) is 3.07. The van der Waals surface area contributed by atoms with Crippen LogP contribution in [0.1, 0.15) is 21.5 Å². The zero-order valence-electron chi connectivity index (χ0n) is 12.6. The number of carbonyl (C=O) groups excluding carboxylic acids is 1. The SMILES string of the molecule is O=C(NCc1ccc2c(c1)OCC2)c1ccc2ncccc2c1. The third-order valence-electron chi connectivity index (χ3n) is 4.08. The van der Waals surface area contributed by atoms with Crippen molar-refractivity contribution in [1.29, 1.82) is 0 Å². The first kappa shape index (κ1) is 13.8. The summed E-state index contributed by atoms with van der Waals surface area (Å²) < 4.78 is 5.56. The van der Waals surface area contributed by atoms with Gasteiger partial charge in [0, 0.05) is 30.1 Å². The van der Waals surface area contributed by atoms with Crippen LogP contribution in [-0.2, 0) is 13.0 Å². The summed E-state index contributed by atoms with van der Waals surface area (Å²) in [5, 5.41) is 3.92. The predicted octanol–water partition coefficient (Wildman–Crippen LogP) is 3.10. The van der Waals surface area contributed by atoms with Crippen LogP contribution in [0.2, 0.25) is 0 Å². The van der Waals surface area contributed by atoms with Crippen LogP contribution in [0, 0.1) is 0 Å². The molecule has 4 heteroatoms. The average molecular weight is 304 g/mol. The summed E-state index contributed by atoms with van der Waals surface area (Å²) >= 11 is 0. The smallest absolute Gasteiger partial charge is 0.251 e. The highest BCUT2D eigenvalue weighted by atomic mass is 16.5. The molecule has 1 aliphatic rings. The first-order valence-corrected chi connectivity index (χ1v) is 7.67. The Kier molecular flexibility index (Phi) is 3.42. The fraction of sp³-hybridized carbons (Fsp3) is 0.158. The number of fused-ring (bicyclic) bond motifs is 2. The molecule has 0 bridgehead atoms. The van der Waals surface area contributed by atoms with Crippen LogP contribution in [0.5, 0.6) is 5.75 Å². The van der Waals surface area contributed by atoms with Crippen molar-refractivity contribution in [2.24, 2.45) is 0 Å². The summed E-state index contributed by atoms with van der Waals surface area (Å²) in [5.74, 6) is 0.852. The van der Waals surface area contributed by atoms with Crippen molar-refractivity contribution in [2.75, 3.05) is 6.61 Å². The van der Waals surface area contributed by atoms with Crippen molar-refractivity contribution in [2.45, 2.75) is 13.0 Å². The van der Waals surface area contributed by atoms with Crippen LogP contribution >= 0.6 is 0 Å². The summed E-state index contributed by atoms with van der Waals surface area (Å²) in [4.78, 5) is 16.6. The van der Waals surface area contributed by atoms with Gasteiger partial charge in [0.05, 0.1) is 12.1 Å². The fourth-order valence-corrected chi connectivity index (χ4v) is 2.82. The van der Waals surface area contributed by atoms with Crippen molar-refractivity contribution < 1.29 is 9.53 Å². The van der Waals surface area contributed by atoms with Gasteiger partial charge in [0.15, 0.2) is 0 Å². The van der Waals surface area contributed by atoms with Gasteiger partial charge in [-0.2, -0.15) is 0 Å². The Morgan fingerprint density at radius 2 is 2.13 bits per heavy atom. The number of nitrogens with zero attached hydrogens (tertiary/aromatic N) is 1. The molecular formula is C19H16N2O2. The van der Waals surface area contributed by atoms with Crippen LogP contribution < -0.4 is 10.1 Å². The van der Waals surface area contributed by atoms with Gasteiger partial charge in [-0.15, -0.1) is 0 Å². The molecular weight excluding hydrogens is 288 g/mol. The quantitative estimate of drug-likeness (QED) is 0.809. The molecule has 4 nitrogen and oxygen atoms in total. The van der Waals surface area contributed by atoms with Crippen molar-refractivity contribution in [3.8, 4) is 5.75 Å². The van der Waals surface area contributed by atoms with E-state index in [9.17, 15) is 4.79 Å². The second-order valence-corrected chi connectivity index (χ2v) is 5.63. The minimum Gasteiger partial charge on any atom is -0.493 e. The summed E-state index contributed by atoms with van der Waals surface area (Å²) in [6, 6.07) is 15.5. The van der Waals surface area contributed by atoms with E-state index in [2.05, 4.69) is 16.4 Å². The molecule has 4 rings (SSSR count). The summed E-state index contributed by atoms with van der Waals surface area (Å²) in [7, 11) is 0. The highest BCUT2D eigenvalue weighted by Gasteiger charge is 2.12. The number of nitrogens with one attached hydrogen (secondary N) is 1. The van der Waals surface area contributed by atoms with E-state index in [1.165, 1.54) is 5.56 Å². The van der Waals surface area contributed by atoms with Crippen LogP contribution in [0.25, 0.3) is 10.9 Å². The van der Waals surface area contributed by atoms with Crippen LogP contribution in [0.15, 0.2) is 54.7 Å². The topological polar surface area (TPSA) is 51.2 Å². The number of hydrogen-bond donors (Lipinski definition) is 1. The van der Waals surface area contributed by atoms with Crippen molar-refractivity contribution >= 4 is 16.8 Å². The number of hydrogen-bond acceptors (Lipinski definition) is 3. The Morgan fingerprint density at radius 3 is 3.09 bits per heavy atom. The molecule has 1 amide bonds. The molecule has 3 aromatic rings. The van der Waals surface area contributed by atoms with Crippen LogP contribution in [-0.4, -0.2) is 17.5 Å². The van der Waals surface area contributed by atoms with Crippen LogP contribution in [0.3, 0.4) is 0 Å². The molecule has 0 aliphatic carbocycles. The van der Waals surface area contributed by atoms with E-state index in [0.717, 1.165) is 35.2 Å². The lowest BCUT2D eigenvalue weighted by Crippen LogP contribution is -2.22. The second kappa shape index (κ2) is 5.72. The number of pyridine rings is 1. The minimum absolute atomic E-state index is 0.0860. The van der Waals surface area contributed by atoms with Gasteiger partial charge in [-0.3, -0.25) is 9.78 Å². The zero-order valence-corrected chi connectivity index (χ0v) is 12.6. The molecule has 0 fully saturated rings. The van der Waals surface area contributed by atoms with Gasteiger partial charge in [0.2, 0.25) is 0 Å². The molecule has 114 valence electrons. The number of aromatic nitrogens is 1. The monoisotopic (exact) mass is 304 g/mol. The Balaban J connectivity index is 1.48. The highest BCUT2D eigenvalue weighted by Crippen LogP contribution is 2.26. The molecule has 0 spiro atoms. The molecule has 1 aliphatic heterocycles. The van der Waals surface area contributed by atoms with E-state index in [1.807, 2.05) is 36.4 Å². The van der Waals surface area contributed by atoms with E-state index >= 15 is 0 Å². The highest BCUT2D eigenvalue weighted by molar-refractivity contribution is 5.97. The summed E-state index contributed by atoms with van der Waals surface area (Å²) in [6.45, 7) is 1.23. The van der Waals surface area contributed by atoms with E-state index in [4.69, 9.17) is 4.74 Å². The van der Waals surface area contributed by atoms with E-state index in [1.54, 1.807) is 12.3 Å². The maximum absolute atomic E-state index is 12.3. The van der Waals surface area contributed by atoms with E-state index in [-0.39, 0.29) is 5.91 Å². The Hall–Kier alpha value is -2.88. The molecule has 0 saturated heterocycles. The first-order chi connectivity index (χ1) is 11.3. The Morgan fingerprint density at radius 1 is 1.17 bits per heavy atom. The van der Waals surface area contributed by atoms with Crippen molar-refractivity contribution in [1.82, 2.24) is 10.3 Å². The summed E-state index contributed by atoms with van der Waals surface area (Å²) in [6.07, 6.45) is 2.71. The molecule has 2 heterocycles. The number of carbonyl (C=O) groups is 1. The number of benzene rings is 2. The normalized spacial score (nSPS) is 12.7. The van der Waals surface area contributed by atoms with Gasteiger partial charge in [0.25, 0.3) is 5.91 Å². The lowest BCUT2D eigenvalue weighted by Gasteiger charge is -2.08. The number of rotatable bonds is 3. The van der Waals surface area contributed by atoms with Gasteiger partial charge in [-0.05, 0) is 41.5 Å². The van der Waals surface area contributed by atoms with Gasteiger partial charge >= 0.3 is 0 Å². The Bertz CT molecular complexity index is 889. The van der Waals surface area contributed by atoms with Crippen molar-refractivity contribution in [3.05, 3.63) is 71.4 Å². The van der Waals surface area contributed by atoms with Gasteiger partial charge in [-0.25, -0.2) is 0 Å². The maximum Gasteiger partial charge on any atom is 0.251 e. The van der Waals surface area contributed by atoms with Crippen molar-refractivity contribution in [3.63, 3.8) is 0 Å². The lowest BCUT2D eigenvalue weighted by atomic mass is 10.1. The van der Waals surface area contributed by atoms with E-state index < -0.39 is 0 Å². The first-order valence-electron chi connectivity index (χ1n) is 7.67. The minimum atomic E-state index is -0.0860. The fourth-order valence-electron chi connectivity index (χ4n) is 2.82. The molecule has 2 aromatic carbocycles. The van der Waals surface area contributed by atoms with Gasteiger partial charge < -0.3 is 10.1 Å². The molecule has 23 heavy (non-hydrogen) atoms. The molecule has 0 saturated carbocycles. The number of ether oxygens (including phenoxy) is 1. The number of amides is 1. The maximum atomic E-state index is 12.3. The zero-order chi connectivity index (χ0) is 15.6. The third kappa shape index (κ3) is 2.75. The molecule has 0 radical (unpaired) electrons. The molecule has 1 aromatic heterocycles. The molecule has 0 unspecified atom stereocenters. The summed E-state index contributed by atoms with van der Waals surface area (Å²) in [5.41, 5.74) is 3.81. The Labute approximate surface area is 134 Å². The largest absolute Gasteiger partial charge is 0.493 e. The molecule has 0 atom stereocenters. The third-order valence-corrected chi connectivity index (χ3v) is 4.08. The predicted molar refractivity (Wildman–Crippen MR) is 88.6 cm³/mol.